The number of carbonyl (C=O) groups is 1. The number of benzene rings is 2. The molecular weight excluding hydrogens is 329 g/mol. The lowest BCUT2D eigenvalue weighted by Gasteiger charge is -2.37. The molecule has 0 saturated heterocycles. The number of nitrogens with zero attached hydrogens (tertiary/aromatic N) is 2. The summed E-state index contributed by atoms with van der Waals surface area (Å²) in [6, 6.07) is 17.5. The van der Waals surface area contributed by atoms with Gasteiger partial charge in [0.1, 0.15) is 11.9 Å². The van der Waals surface area contributed by atoms with Crippen molar-refractivity contribution in [2.24, 2.45) is 0 Å². The molecule has 26 heavy (non-hydrogen) atoms. The summed E-state index contributed by atoms with van der Waals surface area (Å²) < 4.78 is 16.6. The Hall–Kier alpha value is -3.08. The molecule has 4 nitrogen and oxygen atoms in total. The van der Waals surface area contributed by atoms with E-state index in [-0.39, 0.29) is 11.8 Å². The summed E-state index contributed by atoms with van der Waals surface area (Å²) in [5, 5.41) is 2.94. The number of aryl methyl sites for hydroxylation is 1. The minimum atomic E-state index is -0.453. The molecule has 1 aliphatic heterocycles. The highest BCUT2D eigenvalue weighted by Gasteiger charge is 2.33. The smallest absolute Gasteiger partial charge is 0.322 e. The topological polar surface area (TPSA) is 37.3 Å². The lowest BCUT2D eigenvalue weighted by Crippen LogP contribution is -2.44. The Kier molecular flexibility index (Phi) is 4.21. The number of fused-ring (bicyclic) bond motifs is 1. The molecule has 1 aromatic heterocycles. The summed E-state index contributed by atoms with van der Waals surface area (Å²) in [7, 11) is 0. The lowest BCUT2D eigenvalue weighted by atomic mass is 9.99. The molecule has 2 aromatic carbocycles. The molecule has 0 radical (unpaired) electrons. The first-order chi connectivity index (χ1) is 12.6. The van der Waals surface area contributed by atoms with Crippen LogP contribution in [-0.2, 0) is 6.54 Å². The van der Waals surface area contributed by atoms with E-state index in [4.69, 9.17) is 0 Å². The van der Waals surface area contributed by atoms with E-state index in [1.54, 1.807) is 23.1 Å². The van der Waals surface area contributed by atoms with Gasteiger partial charge in [-0.05, 0) is 37.3 Å². The molecule has 3 aromatic rings. The summed E-state index contributed by atoms with van der Waals surface area (Å²) in [6.07, 6.45) is 1.97. The van der Waals surface area contributed by atoms with Crippen LogP contribution >= 0.6 is 0 Å². The molecule has 0 spiro atoms. The molecular formula is C21H20FN3O. The van der Waals surface area contributed by atoms with Crippen LogP contribution in [0.4, 0.5) is 14.9 Å². The van der Waals surface area contributed by atoms with Gasteiger partial charge in [0, 0.05) is 36.2 Å². The highest BCUT2D eigenvalue weighted by Crippen LogP contribution is 2.34. The third kappa shape index (κ3) is 2.96. The van der Waals surface area contributed by atoms with Crippen LogP contribution in [0.2, 0.25) is 0 Å². The molecule has 4 rings (SSSR count). The second kappa shape index (κ2) is 6.67. The SMILES string of the molecule is Cc1ccc(NC(=O)N2CCn3cccc3[C@H]2c2ccccc2F)cc1. The fourth-order valence-corrected chi connectivity index (χ4v) is 3.46. The summed E-state index contributed by atoms with van der Waals surface area (Å²) in [5.74, 6) is -0.305. The Morgan fingerprint density at radius 3 is 2.58 bits per heavy atom. The van der Waals surface area contributed by atoms with Gasteiger partial charge in [0.15, 0.2) is 0 Å². The van der Waals surface area contributed by atoms with E-state index in [0.717, 1.165) is 16.9 Å². The summed E-state index contributed by atoms with van der Waals surface area (Å²) in [5.41, 5.74) is 3.28. The molecule has 5 heteroatoms. The number of halogens is 1. The van der Waals surface area contributed by atoms with Gasteiger partial charge in [0.25, 0.3) is 0 Å². The van der Waals surface area contributed by atoms with Crippen molar-refractivity contribution < 1.29 is 9.18 Å². The van der Waals surface area contributed by atoms with Gasteiger partial charge in [-0.15, -0.1) is 0 Å². The average molecular weight is 349 g/mol. The third-order valence-electron chi connectivity index (χ3n) is 4.80. The Morgan fingerprint density at radius 1 is 1.04 bits per heavy atom. The molecule has 1 aliphatic rings. The van der Waals surface area contributed by atoms with Crippen molar-refractivity contribution in [2.75, 3.05) is 11.9 Å². The number of rotatable bonds is 2. The molecule has 0 bridgehead atoms. The largest absolute Gasteiger partial charge is 0.348 e. The zero-order valence-electron chi connectivity index (χ0n) is 14.5. The monoisotopic (exact) mass is 349 g/mol. The quantitative estimate of drug-likeness (QED) is 0.723. The molecule has 0 aliphatic carbocycles. The van der Waals surface area contributed by atoms with Gasteiger partial charge < -0.3 is 14.8 Å². The number of carbonyl (C=O) groups excluding carboxylic acids is 1. The van der Waals surface area contributed by atoms with Crippen LogP contribution in [0.15, 0.2) is 66.9 Å². The minimum absolute atomic E-state index is 0.227. The van der Waals surface area contributed by atoms with E-state index in [2.05, 4.69) is 9.88 Å². The van der Waals surface area contributed by atoms with E-state index in [9.17, 15) is 9.18 Å². The maximum atomic E-state index is 14.5. The van der Waals surface area contributed by atoms with Crippen LogP contribution in [0, 0.1) is 12.7 Å². The number of hydrogen-bond acceptors (Lipinski definition) is 1. The van der Waals surface area contributed by atoms with E-state index in [0.29, 0.717) is 18.7 Å². The van der Waals surface area contributed by atoms with Crippen molar-refractivity contribution in [3.63, 3.8) is 0 Å². The van der Waals surface area contributed by atoms with Gasteiger partial charge in [-0.3, -0.25) is 0 Å². The lowest BCUT2D eigenvalue weighted by molar-refractivity contribution is 0.180. The standard InChI is InChI=1S/C21H20FN3O/c1-15-8-10-16(11-9-15)23-21(26)25-14-13-24-12-4-7-19(24)20(25)17-5-2-3-6-18(17)22/h2-12,20H,13-14H2,1H3,(H,23,26)/t20-/m1/s1. The van der Waals surface area contributed by atoms with E-state index in [1.807, 2.05) is 49.5 Å². The Balaban J connectivity index is 1.69. The van der Waals surface area contributed by atoms with Gasteiger partial charge >= 0.3 is 6.03 Å². The van der Waals surface area contributed by atoms with Crippen molar-refractivity contribution in [1.29, 1.82) is 0 Å². The van der Waals surface area contributed by atoms with Gasteiger partial charge in [-0.1, -0.05) is 35.9 Å². The van der Waals surface area contributed by atoms with Crippen LogP contribution in [0.5, 0.6) is 0 Å². The second-order valence-corrected chi connectivity index (χ2v) is 6.54. The zero-order valence-corrected chi connectivity index (χ0v) is 14.5. The van der Waals surface area contributed by atoms with Crippen LogP contribution in [0.25, 0.3) is 0 Å². The molecule has 0 unspecified atom stereocenters. The number of hydrogen-bond donors (Lipinski definition) is 1. The number of amides is 2. The van der Waals surface area contributed by atoms with E-state index >= 15 is 0 Å². The van der Waals surface area contributed by atoms with Crippen molar-refractivity contribution in [1.82, 2.24) is 9.47 Å². The average Bonchev–Trinajstić information content (AvgIpc) is 3.12. The first-order valence-corrected chi connectivity index (χ1v) is 8.67. The highest BCUT2D eigenvalue weighted by molar-refractivity contribution is 5.90. The number of anilines is 1. The van der Waals surface area contributed by atoms with Crippen LogP contribution in [0.3, 0.4) is 0 Å². The third-order valence-corrected chi connectivity index (χ3v) is 4.80. The minimum Gasteiger partial charge on any atom is -0.348 e. The first-order valence-electron chi connectivity index (χ1n) is 8.67. The van der Waals surface area contributed by atoms with E-state index < -0.39 is 6.04 Å². The molecule has 2 amide bonds. The first kappa shape index (κ1) is 16.4. The van der Waals surface area contributed by atoms with Crippen molar-refractivity contribution >= 4 is 11.7 Å². The molecule has 0 fully saturated rings. The summed E-state index contributed by atoms with van der Waals surface area (Å²) in [4.78, 5) is 14.7. The van der Waals surface area contributed by atoms with Crippen LogP contribution in [-0.4, -0.2) is 22.0 Å². The predicted octanol–water partition coefficient (Wildman–Crippen LogP) is 4.57. The van der Waals surface area contributed by atoms with E-state index in [1.165, 1.54) is 6.07 Å². The molecule has 0 saturated carbocycles. The van der Waals surface area contributed by atoms with Crippen LogP contribution in [0.1, 0.15) is 22.9 Å². The summed E-state index contributed by atoms with van der Waals surface area (Å²) >= 11 is 0. The zero-order chi connectivity index (χ0) is 18.1. The number of urea groups is 1. The number of aromatic nitrogens is 1. The fourth-order valence-electron chi connectivity index (χ4n) is 3.46. The Bertz CT molecular complexity index is 932. The van der Waals surface area contributed by atoms with Gasteiger partial charge in [0.2, 0.25) is 0 Å². The predicted molar refractivity (Wildman–Crippen MR) is 99.6 cm³/mol. The van der Waals surface area contributed by atoms with Crippen molar-refractivity contribution in [3.05, 3.63) is 89.5 Å². The van der Waals surface area contributed by atoms with Gasteiger partial charge in [0.05, 0.1) is 0 Å². The van der Waals surface area contributed by atoms with Crippen LogP contribution < -0.4 is 5.32 Å². The maximum absolute atomic E-state index is 14.5. The second-order valence-electron chi connectivity index (χ2n) is 6.54. The van der Waals surface area contributed by atoms with Crippen molar-refractivity contribution in [3.8, 4) is 0 Å². The summed E-state index contributed by atoms with van der Waals surface area (Å²) in [6.45, 7) is 3.20. The Labute approximate surface area is 151 Å². The molecule has 1 atom stereocenters. The highest BCUT2D eigenvalue weighted by atomic mass is 19.1. The molecule has 132 valence electrons. The van der Waals surface area contributed by atoms with Crippen molar-refractivity contribution in [2.45, 2.75) is 19.5 Å². The van der Waals surface area contributed by atoms with Gasteiger partial charge in [-0.25, -0.2) is 9.18 Å². The molecule has 1 N–H and O–H groups in total. The molecule has 2 heterocycles. The fraction of sp³-hybridized carbons (Fsp3) is 0.190. The number of nitrogens with one attached hydrogen (secondary N) is 1. The van der Waals surface area contributed by atoms with Gasteiger partial charge in [-0.2, -0.15) is 0 Å². The Morgan fingerprint density at radius 2 is 1.81 bits per heavy atom. The maximum Gasteiger partial charge on any atom is 0.322 e. The normalized spacial score (nSPS) is 16.2.